The van der Waals surface area contributed by atoms with Crippen molar-refractivity contribution in [2.24, 2.45) is 0 Å². The molecule has 8 aromatic carbocycles. The first-order valence-corrected chi connectivity index (χ1v) is 20.3. The van der Waals surface area contributed by atoms with Gasteiger partial charge in [0.1, 0.15) is 0 Å². The first-order valence-electron chi connectivity index (χ1n) is 20.3. The lowest BCUT2D eigenvalue weighted by molar-refractivity contribution is 0.660. The van der Waals surface area contributed by atoms with Gasteiger partial charge in [0.05, 0.1) is 33.3 Å². The molecule has 0 amide bonds. The molecule has 0 fully saturated rings. The van der Waals surface area contributed by atoms with Gasteiger partial charge in [-0.05, 0) is 70.1 Å². The van der Waals surface area contributed by atoms with Crippen molar-refractivity contribution < 1.29 is 0 Å². The number of hydrogen-bond donors (Lipinski definition) is 0. The van der Waals surface area contributed by atoms with Gasteiger partial charge in [-0.2, -0.15) is 0 Å². The van der Waals surface area contributed by atoms with E-state index >= 15 is 0 Å². The molecule has 4 heterocycles. The number of nitrogens with zero attached hydrogens (tertiary/aromatic N) is 5. The smallest absolute Gasteiger partial charge is 0.166 e. The van der Waals surface area contributed by atoms with Crippen molar-refractivity contribution >= 4 is 59.9 Å². The van der Waals surface area contributed by atoms with Gasteiger partial charge in [-0.15, -0.1) is 0 Å². The lowest BCUT2D eigenvalue weighted by atomic mass is 9.82. The Labute approximate surface area is 339 Å². The highest BCUT2D eigenvalue weighted by Crippen LogP contribution is 2.50. The van der Waals surface area contributed by atoms with Gasteiger partial charge in [0, 0.05) is 49.0 Å². The third-order valence-corrected chi connectivity index (χ3v) is 12.9. The minimum atomic E-state index is -0.150. The summed E-state index contributed by atoms with van der Waals surface area (Å²) in [4.78, 5) is 15.8. The number of fused-ring (bicyclic) bond motifs is 8. The molecular weight excluding hydrogens is 719 g/mol. The monoisotopic (exact) mass is 753 g/mol. The van der Waals surface area contributed by atoms with Crippen molar-refractivity contribution in [2.75, 3.05) is 0 Å². The molecule has 0 unspecified atom stereocenters. The van der Waals surface area contributed by atoms with Crippen molar-refractivity contribution in [3.63, 3.8) is 0 Å². The van der Waals surface area contributed by atoms with Crippen molar-refractivity contribution in [3.05, 3.63) is 187 Å². The first-order chi connectivity index (χ1) is 29.0. The number of para-hydroxylation sites is 3. The predicted octanol–water partition coefficient (Wildman–Crippen LogP) is 13.4. The van der Waals surface area contributed by atoms with Crippen LogP contribution in [0.3, 0.4) is 0 Å². The highest BCUT2D eigenvalue weighted by atomic mass is 15.1. The Morgan fingerprint density at radius 3 is 1.83 bits per heavy atom. The third-order valence-electron chi connectivity index (χ3n) is 12.9. The summed E-state index contributed by atoms with van der Waals surface area (Å²) in [5, 5.41) is 7.48. The molecule has 0 aliphatic heterocycles. The maximum atomic E-state index is 5.36. The SMILES string of the molecule is CC1(C)c2ccccc2-c2ccc(-c3nc(-c4ccccc4)nc(-c4ccccc4-n4c5cccc6c7cccc8c9ccccc9n(c9cccc4c9c65)c78)n3)cc21. The summed E-state index contributed by atoms with van der Waals surface area (Å²) in [6.07, 6.45) is 0. The Morgan fingerprint density at radius 1 is 0.390 bits per heavy atom. The van der Waals surface area contributed by atoms with Crippen LogP contribution < -0.4 is 0 Å². The molecule has 0 radical (unpaired) electrons. The molecular formula is C54H35N5. The van der Waals surface area contributed by atoms with Gasteiger partial charge in [-0.1, -0.05) is 147 Å². The van der Waals surface area contributed by atoms with Crippen molar-refractivity contribution in [1.82, 2.24) is 23.9 Å². The fourth-order valence-electron chi connectivity index (χ4n) is 10.3. The molecule has 59 heavy (non-hydrogen) atoms. The molecule has 0 N–H and O–H groups in total. The predicted molar refractivity (Wildman–Crippen MR) is 243 cm³/mol. The molecule has 13 rings (SSSR count). The van der Waals surface area contributed by atoms with Crippen molar-refractivity contribution in [1.29, 1.82) is 0 Å². The summed E-state index contributed by atoms with van der Waals surface area (Å²) < 4.78 is 4.91. The topological polar surface area (TPSA) is 48.0 Å². The van der Waals surface area contributed by atoms with Crippen LogP contribution in [0, 0.1) is 0 Å². The van der Waals surface area contributed by atoms with Gasteiger partial charge in [0.2, 0.25) is 0 Å². The first kappa shape index (κ1) is 32.5. The second-order valence-electron chi connectivity index (χ2n) is 16.4. The maximum absolute atomic E-state index is 5.36. The summed E-state index contributed by atoms with van der Waals surface area (Å²) in [5.41, 5.74) is 14.8. The molecule has 276 valence electrons. The van der Waals surface area contributed by atoms with E-state index in [4.69, 9.17) is 15.0 Å². The summed E-state index contributed by atoms with van der Waals surface area (Å²) >= 11 is 0. The normalized spacial score (nSPS) is 13.4. The number of aromatic nitrogens is 5. The van der Waals surface area contributed by atoms with E-state index in [0.717, 1.165) is 33.4 Å². The fourth-order valence-corrected chi connectivity index (χ4v) is 10.3. The molecule has 12 aromatic rings. The quantitative estimate of drug-likeness (QED) is 0.180. The van der Waals surface area contributed by atoms with Crippen LogP contribution in [0.2, 0.25) is 0 Å². The maximum Gasteiger partial charge on any atom is 0.166 e. The standard InChI is InChI=1S/C54H35N5/c1-54(2)41-23-9-6-17-34(41)35-30-29-33(31-42(35)54)52-55-51(32-15-4-3-5-16-32)56-53(57-52)40-19-8-11-25-44(40)58-45-26-13-20-37-39-22-12-21-38-36-18-7-10-24-43(36)59(50(38)39)47-28-14-27-46(58)49(47)48(37)45/h3-31H,1-2H3. The van der Waals surface area contributed by atoms with E-state index in [9.17, 15) is 0 Å². The zero-order valence-electron chi connectivity index (χ0n) is 32.5. The fraction of sp³-hybridized carbons (Fsp3) is 0.0556. The molecule has 0 saturated carbocycles. The van der Waals surface area contributed by atoms with E-state index in [1.54, 1.807) is 0 Å². The molecule has 5 nitrogen and oxygen atoms in total. The Hall–Kier alpha value is -7.63. The van der Waals surface area contributed by atoms with Crippen LogP contribution in [0.5, 0.6) is 0 Å². The summed E-state index contributed by atoms with van der Waals surface area (Å²) in [6.45, 7) is 4.63. The molecule has 0 saturated heterocycles. The van der Waals surface area contributed by atoms with Gasteiger partial charge < -0.3 is 8.97 Å². The second-order valence-corrected chi connectivity index (χ2v) is 16.4. The van der Waals surface area contributed by atoms with E-state index in [1.165, 1.54) is 71.1 Å². The minimum absolute atomic E-state index is 0.150. The number of hydrogen-bond acceptors (Lipinski definition) is 3. The van der Waals surface area contributed by atoms with Gasteiger partial charge in [-0.3, -0.25) is 0 Å². The van der Waals surface area contributed by atoms with Crippen LogP contribution in [0.1, 0.15) is 25.0 Å². The lowest BCUT2D eigenvalue weighted by Crippen LogP contribution is -2.15. The van der Waals surface area contributed by atoms with Crippen LogP contribution in [0.4, 0.5) is 0 Å². The molecule has 1 aliphatic carbocycles. The highest BCUT2D eigenvalue weighted by molar-refractivity contribution is 6.31. The molecule has 0 atom stereocenters. The van der Waals surface area contributed by atoms with Crippen LogP contribution in [-0.2, 0) is 5.41 Å². The highest BCUT2D eigenvalue weighted by Gasteiger charge is 2.35. The molecule has 5 heteroatoms. The second kappa shape index (κ2) is 11.7. The average Bonchev–Trinajstić information content (AvgIpc) is 3.86. The zero-order valence-corrected chi connectivity index (χ0v) is 32.5. The van der Waals surface area contributed by atoms with Gasteiger partial charge in [0.25, 0.3) is 0 Å². The molecule has 0 spiro atoms. The Morgan fingerprint density at radius 2 is 0.966 bits per heavy atom. The molecule has 4 aromatic heterocycles. The Bertz CT molecular complexity index is 3700. The van der Waals surface area contributed by atoms with Crippen molar-refractivity contribution in [3.8, 4) is 51.0 Å². The molecule has 0 bridgehead atoms. The van der Waals surface area contributed by atoms with E-state index < -0.39 is 0 Å². The average molecular weight is 754 g/mol. The largest absolute Gasteiger partial charge is 0.308 e. The van der Waals surface area contributed by atoms with E-state index in [2.05, 4.69) is 181 Å². The Kier molecular flexibility index (Phi) is 6.44. The van der Waals surface area contributed by atoms with Crippen LogP contribution in [0.15, 0.2) is 176 Å². The van der Waals surface area contributed by atoms with Crippen LogP contribution in [0.25, 0.3) is 111 Å². The van der Waals surface area contributed by atoms with Gasteiger partial charge in [0.15, 0.2) is 17.5 Å². The lowest BCUT2D eigenvalue weighted by Gasteiger charge is -2.21. The Balaban J connectivity index is 1.09. The summed E-state index contributed by atoms with van der Waals surface area (Å²) in [5.74, 6) is 1.93. The minimum Gasteiger partial charge on any atom is -0.308 e. The van der Waals surface area contributed by atoms with Gasteiger partial charge >= 0.3 is 0 Å². The van der Waals surface area contributed by atoms with Crippen LogP contribution in [-0.4, -0.2) is 23.9 Å². The third kappa shape index (κ3) is 4.36. The van der Waals surface area contributed by atoms with E-state index in [1.807, 2.05) is 18.2 Å². The summed E-state index contributed by atoms with van der Waals surface area (Å²) in [7, 11) is 0. The van der Waals surface area contributed by atoms with E-state index in [-0.39, 0.29) is 5.41 Å². The number of rotatable bonds is 4. The van der Waals surface area contributed by atoms with E-state index in [0.29, 0.717) is 17.5 Å². The molecule has 1 aliphatic rings. The number of benzene rings is 8. The van der Waals surface area contributed by atoms with Gasteiger partial charge in [-0.25, -0.2) is 15.0 Å². The van der Waals surface area contributed by atoms with Crippen LogP contribution >= 0.6 is 0 Å². The zero-order chi connectivity index (χ0) is 39.0. The summed E-state index contributed by atoms with van der Waals surface area (Å²) in [6, 6.07) is 63.3. The van der Waals surface area contributed by atoms with Crippen molar-refractivity contribution in [2.45, 2.75) is 19.3 Å².